The van der Waals surface area contributed by atoms with Crippen LogP contribution in [0.25, 0.3) is 0 Å². The van der Waals surface area contributed by atoms with E-state index >= 15 is 0 Å². The van der Waals surface area contributed by atoms with Crippen molar-refractivity contribution in [1.82, 2.24) is 20.1 Å². The molecule has 1 fully saturated rings. The summed E-state index contributed by atoms with van der Waals surface area (Å²) in [6.45, 7) is 4.74. The zero-order chi connectivity index (χ0) is 16.9. The Balaban J connectivity index is 1.63. The Hall–Kier alpha value is -2.44. The summed E-state index contributed by atoms with van der Waals surface area (Å²) in [5.74, 6) is 1.90. The van der Waals surface area contributed by atoms with Gasteiger partial charge in [-0.15, -0.1) is 10.2 Å². The summed E-state index contributed by atoms with van der Waals surface area (Å²) in [7, 11) is 0. The maximum atomic E-state index is 12.5. The van der Waals surface area contributed by atoms with E-state index in [-0.39, 0.29) is 24.5 Å². The number of pyridine rings is 1. The average Bonchev–Trinajstić information content (AvgIpc) is 3.10. The van der Waals surface area contributed by atoms with Crippen molar-refractivity contribution in [1.29, 1.82) is 0 Å². The molecule has 2 atom stereocenters. The van der Waals surface area contributed by atoms with E-state index in [4.69, 9.17) is 9.15 Å². The SMILES string of the molecule is CCc1nnc([C@H]2CCCN(C(=O)COc3cccnc3)[C@H]2C)o1. The van der Waals surface area contributed by atoms with Gasteiger partial charge in [-0.25, -0.2) is 0 Å². The molecule has 1 aliphatic heterocycles. The molecule has 0 bridgehead atoms. The number of hydrogen-bond donors (Lipinski definition) is 0. The fourth-order valence-electron chi connectivity index (χ4n) is 3.04. The van der Waals surface area contributed by atoms with Gasteiger partial charge in [0, 0.05) is 25.2 Å². The lowest BCUT2D eigenvalue weighted by molar-refractivity contribution is -0.137. The summed E-state index contributed by atoms with van der Waals surface area (Å²) < 4.78 is 11.2. The summed E-state index contributed by atoms with van der Waals surface area (Å²) >= 11 is 0. The van der Waals surface area contributed by atoms with Crippen LogP contribution in [-0.4, -0.2) is 45.2 Å². The number of ether oxygens (including phenoxy) is 1. The van der Waals surface area contributed by atoms with Gasteiger partial charge in [0.25, 0.3) is 5.91 Å². The third-order valence-corrected chi connectivity index (χ3v) is 4.41. The van der Waals surface area contributed by atoms with Crippen molar-refractivity contribution in [3.8, 4) is 5.75 Å². The molecule has 0 spiro atoms. The molecule has 7 nitrogen and oxygen atoms in total. The Morgan fingerprint density at radius 2 is 2.33 bits per heavy atom. The summed E-state index contributed by atoms with van der Waals surface area (Å²) in [5.41, 5.74) is 0. The first-order valence-corrected chi connectivity index (χ1v) is 8.33. The summed E-state index contributed by atoms with van der Waals surface area (Å²) in [6, 6.07) is 3.57. The molecule has 0 N–H and O–H groups in total. The second-order valence-corrected chi connectivity index (χ2v) is 5.94. The Bertz CT molecular complexity index is 673. The smallest absolute Gasteiger partial charge is 0.260 e. The quantitative estimate of drug-likeness (QED) is 0.836. The monoisotopic (exact) mass is 330 g/mol. The normalized spacial score (nSPS) is 20.8. The van der Waals surface area contributed by atoms with Gasteiger partial charge in [-0.2, -0.15) is 0 Å². The minimum Gasteiger partial charge on any atom is -0.482 e. The number of aromatic nitrogens is 3. The second kappa shape index (κ2) is 7.42. The van der Waals surface area contributed by atoms with Crippen LogP contribution < -0.4 is 4.74 Å². The van der Waals surface area contributed by atoms with E-state index in [1.807, 2.05) is 18.7 Å². The molecule has 24 heavy (non-hydrogen) atoms. The van der Waals surface area contributed by atoms with E-state index in [1.54, 1.807) is 24.5 Å². The molecule has 3 rings (SSSR count). The van der Waals surface area contributed by atoms with Crippen LogP contribution in [0.4, 0.5) is 0 Å². The van der Waals surface area contributed by atoms with Crippen molar-refractivity contribution in [2.24, 2.45) is 0 Å². The molecule has 128 valence electrons. The van der Waals surface area contributed by atoms with Gasteiger partial charge in [0.2, 0.25) is 11.8 Å². The van der Waals surface area contributed by atoms with Crippen LogP contribution in [0, 0.1) is 0 Å². The number of aryl methyl sites for hydroxylation is 1. The van der Waals surface area contributed by atoms with Gasteiger partial charge in [0.15, 0.2) is 6.61 Å². The van der Waals surface area contributed by atoms with Crippen LogP contribution in [0.15, 0.2) is 28.9 Å². The highest BCUT2D eigenvalue weighted by Gasteiger charge is 2.35. The first kappa shape index (κ1) is 16.4. The molecule has 0 unspecified atom stereocenters. The topological polar surface area (TPSA) is 81.4 Å². The third-order valence-electron chi connectivity index (χ3n) is 4.41. The molecule has 2 aromatic rings. The third kappa shape index (κ3) is 3.55. The van der Waals surface area contributed by atoms with E-state index in [2.05, 4.69) is 15.2 Å². The molecule has 7 heteroatoms. The minimum absolute atomic E-state index is 0.00674. The fraction of sp³-hybridized carbons (Fsp3) is 0.529. The molecule has 0 aromatic carbocycles. The highest BCUT2D eigenvalue weighted by atomic mass is 16.5. The van der Waals surface area contributed by atoms with Crippen LogP contribution in [0.3, 0.4) is 0 Å². The number of carbonyl (C=O) groups excluding carboxylic acids is 1. The molecule has 1 amide bonds. The van der Waals surface area contributed by atoms with Gasteiger partial charge in [-0.3, -0.25) is 9.78 Å². The number of nitrogens with zero attached hydrogens (tertiary/aromatic N) is 4. The van der Waals surface area contributed by atoms with Crippen molar-refractivity contribution in [2.75, 3.05) is 13.2 Å². The van der Waals surface area contributed by atoms with E-state index in [9.17, 15) is 4.79 Å². The molecule has 2 aromatic heterocycles. The van der Waals surface area contributed by atoms with Crippen LogP contribution in [-0.2, 0) is 11.2 Å². The van der Waals surface area contributed by atoms with Crippen LogP contribution in [0.2, 0.25) is 0 Å². The summed E-state index contributed by atoms with van der Waals surface area (Å²) in [6.07, 6.45) is 5.84. The van der Waals surface area contributed by atoms with E-state index in [0.29, 0.717) is 17.5 Å². The molecule has 0 radical (unpaired) electrons. The molecule has 1 aliphatic rings. The van der Waals surface area contributed by atoms with Crippen molar-refractivity contribution < 1.29 is 13.9 Å². The Labute approximate surface area is 141 Å². The van der Waals surface area contributed by atoms with Crippen LogP contribution >= 0.6 is 0 Å². The maximum absolute atomic E-state index is 12.5. The van der Waals surface area contributed by atoms with E-state index in [1.165, 1.54) is 0 Å². The Morgan fingerprint density at radius 3 is 3.04 bits per heavy atom. The largest absolute Gasteiger partial charge is 0.482 e. The van der Waals surface area contributed by atoms with Crippen molar-refractivity contribution >= 4 is 5.91 Å². The first-order chi connectivity index (χ1) is 11.7. The molecule has 0 aliphatic carbocycles. The van der Waals surface area contributed by atoms with Gasteiger partial charge in [0.05, 0.1) is 12.1 Å². The van der Waals surface area contributed by atoms with Crippen molar-refractivity contribution in [2.45, 2.75) is 45.1 Å². The number of piperidine rings is 1. The van der Waals surface area contributed by atoms with Gasteiger partial charge in [0.1, 0.15) is 5.75 Å². The second-order valence-electron chi connectivity index (χ2n) is 5.94. The van der Waals surface area contributed by atoms with E-state index in [0.717, 1.165) is 25.8 Å². The first-order valence-electron chi connectivity index (χ1n) is 8.33. The van der Waals surface area contributed by atoms with E-state index < -0.39 is 0 Å². The number of likely N-dealkylation sites (tertiary alicyclic amines) is 1. The molecular weight excluding hydrogens is 308 g/mol. The van der Waals surface area contributed by atoms with Crippen LogP contribution in [0.1, 0.15) is 44.4 Å². The number of rotatable bonds is 5. The van der Waals surface area contributed by atoms with Gasteiger partial charge in [-0.05, 0) is 31.9 Å². The summed E-state index contributed by atoms with van der Waals surface area (Å²) in [5, 5.41) is 8.19. The Morgan fingerprint density at radius 1 is 1.46 bits per heavy atom. The fourth-order valence-corrected chi connectivity index (χ4v) is 3.04. The molecule has 3 heterocycles. The van der Waals surface area contributed by atoms with Crippen molar-refractivity contribution in [3.63, 3.8) is 0 Å². The molecule has 0 saturated carbocycles. The number of amides is 1. The zero-order valence-corrected chi connectivity index (χ0v) is 14.0. The van der Waals surface area contributed by atoms with Gasteiger partial charge in [-0.1, -0.05) is 6.92 Å². The molecule has 1 saturated heterocycles. The van der Waals surface area contributed by atoms with Crippen molar-refractivity contribution in [3.05, 3.63) is 36.3 Å². The van der Waals surface area contributed by atoms with Crippen LogP contribution in [0.5, 0.6) is 5.75 Å². The predicted molar refractivity (Wildman–Crippen MR) is 86.6 cm³/mol. The standard InChI is InChI=1S/C17H22N4O3/c1-3-15-19-20-17(24-15)14-7-5-9-21(12(14)2)16(22)11-23-13-6-4-8-18-10-13/h4,6,8,10,12,14H,3,5,7,9,11H2,1-2H3/t12-,14-/m0/s1. The zero-order valence-electron chi connectivity index (χ0n) is 14.0. The predicted octanol–water partition coefficient (Wildman–Crippen LogP) is 2.20. The number of carbonyl (C=O) groups is 1. The minimum atomic E-state index is -0.0358. The molecular formula is C17H22N4O3. The average molecular weight is 330 g/mol. The lowest BCUT2D eigenvalue weighted by Crippen LogP contribution is -2.47. The van der Waals surface area contributed by atoms with Gasteiger partial charge >= 0.3 is 0 Å². The lowest BCUT2D eigenvalue weighted by Gasteiger charge is -2.37. The Kier molecular flexibility index (Phi) is 5.08. The highest BCUT2D eigenvalue weighted by Crippen LogP contribution is 2.31. The maximum Gasteiger partial charge on any atom is 0.260 e. The highest BCUT2D eigenvalue weighted by molar-refractivity contribution is 5.78. The lowest BCUT2D eigenvalue weighted by atomic mass is 9.90. The summed E-state index contributed by atoms with van der Waals surface area (Å²) in [4.78, 5) is 18.4. The van der Waals surface area contributed by atoms with Gasteiger partial charge < -0.3 is 14.1 Å². The number of hydrogen-bond acceptors (Lipinski definition) is 6.